The summed E-state index contributed by atoms with van der Waals surface area (Å²) in [6, 6.07) is 0. The smallest absolute Gasteiger partial charge is 0.338 e. The number of alkyl halides is 2. The van der Waals surface area contributed by atoms with Crippen LogP contribution in [-0.2, 0) is 4.79 Å². The quantitative estimate of drug-likeness (QED) is 0.574. The molecular weight excluding hydrogens is 202 g/mol. The van der Waals surface area contributed by atoms with E-state index in [9.17, 15) is 13.6 Å². The predicted molar refractivity (Wildman–Crippen MR) is 55.4 cm³/mol. The van der Waals surface area contributed by atoms with E-state index in [1.807, 2.05) is 0 Å². The molecule has 1 atom stereocenters. The van der Waals surface area contributed by atoms with Crippen molar-refractivity contribution in [1.29, 1.82) is 0 Å². The second kappa shape index (κ2) is 9.87. The van der Waals surface area contributed by atoms with Gasteiger partial charge in [0.05, 0.1) is 6.67 Å². The molecule has 0 rings (SSSR count). The van der Waals surface area contributed by atoms with Gasteiger partial charge in [0.25, 0.3) is 0 Å². The molecule has 0 saturated heterocycles. The van der Waals surface area contributed by atoms with Crippen molar-refractivity contribution >= 4 is 5.97 Å². The van der Waals surface area contributed by atoms with Gasteiger partial charge in [-0.05, 0) is 19.3 Å². The molecule has 2 nitrogen and oxygen atoms in total. The van der Waals surface area contributed by atoms with Crippen LogP contribution in [-0.4, -0.2) is 23.9 Å². The van der Waals surface area contributed by atoms with Crippen LogP contribution in [0.15, 0.2) is 0 Å². The van der Waals surface area contributed by atoms with Gasteiger partial charge in [-0.15, -0.1) is 0 Å². The molecule has 0 aromatic rings. The van der Waals surface area contributed by atoms with Crippen molar-refractivity contribution in [1.82, 2.24) is 0 Å². The first kappa shape index (κ1) is 14.3. The Labute approximate surface area is 89.7 Å². The summed E-state index contributed by atoms with van der Waals surface area (Å²) < 4.78 is 24.3. The fourth-order valence-corrected chi connectivity index (χ4v) is 1.43. The van der Waals surface area contributed by atoms with Crippen LogP contribution in [0.4, 0.5) is 8.78 Å². The van der Waals surface area contributed by atoms with E-state index < -0.39 is 12.1 Å². The fourth-order valence-electron chi connectivity index (χ4n) is 1.43. The van der Waals surface area contributed by atoms with Crippen LogP contribution in [0.25, 0.3) is 0 Å². The third kappa shape index (κ3) is 9.63. The molecule has 0 aromatic heterocycles. The van der Waals surface area contributed by atoms with Gasteiger partial charge in [0.1, 0.15) is 0 Å². The summed E-state index contributed by atoms with van der Waals surface area (Å²) in [4.78, 5) is 10.1. The Bertz CT molecular complexity index is 163. The van der Waals surface area contributed by atoms with E-state index in [4.69, 9.17) is 5.11 Å². The average Bonchev–Trinajstić information content (AvgIpc) is 2.21. The fraction of sp³-hybridized carbons (Fsp3) is 0.909. The topological polar surface area (TPSA) is 37.3 Å². The largest absolute Gasteiger partial charge is 0.479 e. The minimum Gasteiger partial charge on any atom is -0.479 e. The van der Waals surface area contributed by atoms with Crippen LogP contribution < -0.4 is 0 Å². The van der Waals surface area contributed by atoms with Crippen LogP contribution in [0.2, 0.25) is 0 Å². The molecule has 15 heavy (non-hydrogen) atoms. The molecule has 1 unspecified atom stereocenters. The summed E-state index contributed by atoms with van der Waals surface area (Å²) in [5, 5.41) is 8.27. The van der Waals surface area contributed by atoms with Gasteiger partial charge in [0.2, 0.25) is 0 Å². The number of hydrogen-bond acceptors (Lipinski definition) is 1. The number of rotatable bonds is 10. The van der Waals surface area contributed by atoms with Gasteiger partial charge >= 0.3 is 5.97 Å². The highest BCUT2D eigenvalue weighted by Crippen LogP contribution is 2.11. The van der Waals surface area contributed by atoms with Crippen molar-refractivity contribution in [3.8, 4) is 0 Å². The molecule has 0 heterocycles. The molecule has 0 aromatic carbocycles. The molecule has 0 spiro atoms. The van der Waals surface area contributed by atoms with Gasteiger partial charge in [-0.2, -0.15) is 0 Å². The third-order valence-corrected chi connectivity index (χ3v) is 2.36. The SMILES string of the molecule is O=C(O)C(F)CCCCCCCCCF. The molecule has 0 aliphatic carbocycles. The van der Waals surface area contributed by atoms with Gasteiger partial charge in [0, 0.05) is 0 Å². The second-order valence-electron chi connectivity index (χ2n) is 3.76. The lowest BCUT2D eigenvalue weighted by Crippen LogP contribution is -2.13. The Morgan fingerprint density at radius 3 is 1.93 bits per heavy atom. The maximum Gasteiger partial charge on any atom is 0.338 e. The number of carboxylic acid groups (broad SMARTS) is 1. The number of aliphatic carboxylic acids is 1. The Hall–Kier alpha value is -0.670. The summed E-state index contributed by atoms with van der Waals surface area (Å²) >= 11 is 0. The maximum absolute atomic E-state index is 12.6. The zero-order valence-electron chi connectivity index (χ0n) is 9.05. The van der Waals surface area contributed by atoms with E-state index in [-0.39, 0.29) is 13.1 Å². The molecule has 0 radical (unpaired) electrons. The van der Waals surface area contributed by atoms with Crippen molar-refractivity contribution in [3.63, 3.8) is 0 Å². The lowest BCUT2D eigenvalue weighted by atomic mass is 10.1. The Morgan fingerprint density at radius 2 is 1.47 bits per heavy atom. The van der Waals surface area contributed by atoms with Crippen molar-refractivity contribution in [2.24, 2.45) is 0 Å². The van der Waals surface area contributed by atoms with Crippen molar-refractivity contribution in [2.45, 2.75) is 57.5 Å². The second-order valence-corrected chi connectivity index (χ2v) is 3.76. The summed E-state index contributed by atoms with van der Waals surface area (Å²) in [5.41, 5.74) is 0. The summed E-state index contributed by atoms with van der Waals surface area (Å²) in [5.74, 6) is -1.36. The van der Waals surface area contributed by atoms with Crippen molar-refractivity contribution < 1.29 is 18.7 Å². The van der Waals surface area contributed by atoms with Crippen LogP contribution >= 0.6 is 0 Å². The summed E-state index contributed by atoms with van der Waals surface area (Å²) in [6.45, 7) is -0.248. The van der Waals surface area contributed by atoms with Crippen LogP contribution in [0.5, 0.6) is 0 Å². The number of carbonyl (C=O) groups is 1. The van der Waals surface area contributed by atoms with E-state index in [0.717, 1.165) is 32.1 Å². The van der Waals surface area contributed by atoms with E-state index in [1.54, 1.807) is 0 Å². The minimum atomic E-state index is -1.71. The number of unbranched alkanes of at least 4 members (excludes halogenated alkanes) is 6. The molecule has 0 aliphatic rings. The lowest BCUT2D eigenvalue weighted by molar-refractivity contribution is -0.143. The molecule has 0 bridgehead atoms. The lowest BCUT2D eigenvalue weighted by Gasteiger charge is -2.03. The Kier molecular flexibility index (Phi) is 9.43. The highest BCUT2D eigenvalue weighted by Gasteiger charge is 2.13. The molecule has 90 valence electrons. The summed E-state index contributed by atoms with van der Waals surface area (Å²) in [6.07, 6.45) is 4.46. The Balaban J connectivity index is 3.08. The monoisotopic (exact) mass is 222 g/mol. The van der Waals surface area contributed by atoms with Crippen molar-refractivity contribution in [2.75, 3.05) is 6.67 Å². The Morgan fingerprint density at radius 1 is 1.00 bits per heavy atom. The maximum atomic E-state index is 12.6. The molecule has 0 saturated carbocycles. The van der Waals surface area contributed by atoms with Gasteiger partial charge in [0.15, 0.2) is 6.17 Å². The first-order valence-electron chi connectivity index (χ1n) is 5.61. The number of hydrogen-bond donors (Lipinski definition) is 1. The first-order valence-corrected chi connectivity index (χ1v) is 5.61. The molecule has 4 heteroatoms. The zero-order valence-corrected chi connectivity index (χ0v) is 9.05. The summed E-state index contributed by atoms with van der Waals surface area (Å²) in [7, 11) is 0. The highest BCUT2D eigenvalue weighted by molar-refractivity contribution is 5.71. The van der Waals surface area contributed by atoms with Crippen LogP contribution in [0, 0.1) is 0 Å². The standard InChI is InChI=1S/C11H20F2O2/c12-9-7-5-3-1-2-4-6-8-10(13)11(14)15/h10H,1-9H2,(H,14,15). The molecule has 1 N–H and O–H groups in total. The van der Waals surface area contributed by atoms with Gasteiger partial charge < -0.3 is 5.11 Å². The molecule has 0 aliphatic heterocycles. The number of halogens is 2. The first-order chi connectivity index (χ1) is 7.18. The zero-order chi connectivity index (χ0) is 11.5. The van der Waals surface area contributed by atoms with Crippen molar-refractivity contribution in [3.05, 3.63) is 0 Å². The average molecular weight is 222 g/mol. The molecule has 0 amide bonds. The van der Waals surface area contributed by atoms with E-state index in [1.165, 1.54) is 0 Å². The van der Waals surface area contributed by atoms with Gasteiger partial charge in [-0.25, -0.2) is 9.18 Å². The van der Waals surface area contributed by atoms with E-state index >= 15 is 0 Å². The third-order valence-electron chi connectivity index (χ3n) is 2.36. The van der Waals surface area contributed by atoms with Crippen LogP contribution in [0.3, 0.4) is 0 Å². The molecule has 0 fully saturated rings. The minimum absolute atomic E-state index is 0.111. The van der Waals surface area contributed by atoms with Gasteiger partial charge in [-0.1, -0.05) is 32.1 Å². The van der Waals surface area contributed by atoms with Crippen LogP contribution in [0.1, 0.15) is 51.4 Å². The highest BCUT2D eigenvalue weighted by atomic mass is 19.1. The predicted octanol–water partition coefficient (Wildman–Crippen LogP) is 3.50. The normalized spacial score (nSPS) is 12.7. The molecular formula is C11H20F2O2. The van der Waals surface area contributed by atoms with E-state index in [0.29, 0.717) is 12.8 Å². The van der Waals surface area contributed by atoms with E-state index in [2.05, 4.69) is 0 Å². The van der Waals surface area contributed by atoms with Gasteiger partial charge in [-0.3, -0.25) is 4.39 Å². The number of carboxylic acids is 1.